The Hall–Kier alpha value is -14.8. The SMILES string of the molecule is c1ccc2c(c1)ccc1c3ncccc3c3cc4c(cc3c21)oc1ccccc14.c1ccc2c(c1)ccc1c3ncccc3c3cc4c(cc3c21)sc1ccccc14.c1ccc2c(c1)ccc1c3ncccc3c3cc4oc5ccccc5c4cc3c21.c1ccc2c(c1)ccc1c3ncccc3c3cc4sc5ccccc5c4cc3c21. The van der Waals surface area contributed by atoms with Crippen LogP contribution in [0, 0.1) is 0 Å². The summed E-state index contributed by atoms with van der Waals surface area (Å²) in [4.78, 5) is 19.1. The zero-order chi connectivity index (χ0) is 75.8. The van der Waals surface area contributed by atoms with Crippen LogP contribution in [0.15, 0.2) is 373 Å². The summed E-state index contributed by atoms with van der Waals surface area (Å²) in [6.45, 7) is 0. The molecule has 0 aliphatic rings. The van der Waals surface area contributed by atoms with Crippen molar-refractivity contribution in [2.24, 2.45) is 0 Å². The summed E-state index contributed by atoms with van der Waals surface area (Å²) in [6, 6.07) is 122. The van der Waals surface area contributed by atoms with Crippen LogP contribution in [0.3, 0.4) is 0 Å². The molecule has 6 nitrogen and oxygen atoms in total. The number of rotatable bonds is 0. The predicted octanol–water partition coefficient (Wildman–Crippen LogP) is 31.3. The van der Waals surface area contributed by atoms with Gasteiger partial charge >= 0.3 is 0 Å². The van der Waals surface area contributed by atoms with Gasteiger partial charge in [-0.05, 0) is 205 Å². The maximum atomic E-state index is 6.22. The van der Waals surface area contributed by atoms with Gasteiger partial charge in [0.2, 0.25) is 0 Å². The molecule has 0 N–H and O–H groups in total. The maximum absolute atomic E-state index is 6.22. The number of furan rings is 2. The van der Waals surface area contributed by atoms with Crippen molar-refractivity contribution in [2.45, 2.75) is 0 Å². The molecule has 0 spiro atoms. The highest BCUT2D eigenvalue weighted by molar-refractivity contribution is 7.26. The molecule has 0 amide bonds. The van der Waals surface area contributed by atoms with Gasteiger partial charge in [-0.1, -0.05) is 243 Å². The molecule has 0 atom stereocenters. The number of para-hydroxylation sites is 2. The van der Waals surface area contributed by atoms with Gasteiger partial charge in [-0.15, -0.1) is 22.7 Å². The molecule has 20 aromatic carbocycles. The second-order valence-corrected chi connectivity index (χ2v) is 32.6. The van der Waals surface area contributed by atoms with Gasteiger partial charge in [0.25, 0.3) is 0 Å². The van der Waals surface area contributed by atoms with Gasteiger partial charge in [0.1, 0.15) is 22.3 Å². The Morgan fingerprint density at radius 2 is 0.422 bits per heavy atom. The third-order valence-corrected chi connectivity index (χ3v) is 26.5. The van der Waals surface area contributed by atoms with Crippen LogP contribution >= 0.6 is 22.7 Å². The Morgan fingerprint density at radius 1 is 0.155 bits per heavy atom. The van der Waals surface area contributed by atoms with Gasteiger partial charge in [0, 0.05) is 130 Å². The topological polar surface area (TPSA) is 77.8 Å². The van der Waals surface area contributed by atoms with E-state index in [2.05, 4.69) is 291 Å². The molecule has 28 aromatic rings. The fourth-order valence-corrected chi connectivity index (χ4v) is 21.4. The van der Waals surface area contributed by atoms with Crippen LogP contribution in [0.1, 0.15) is 0 Å². The minimum Gasteiger partial charge on any atom is -0.456 e. The van der Waals surface area contributed by atoms with Crippen molar-refractivity contribution in [2.75, 3.05) is 0 Å². The lowest BCUT2D eigenvalue weighted by Crippen LogP contribution is -1.87. The summed E-state index contributed by atoms with van der Waals surface area (Å²) in [6.07, 6.45) is 7.57. The number of benzene rings is 20. The molecule has 0 aliphatic carbocycles. The summed E-state index contributed by atoms with van der Waals surface area (Å²) in [5.74, 6) is 0. The highest BCUT2D eigenvalue weighted by atomic mass is 32.1. The van der Waals surface area contributed by atoms with Crippen molar-refractivity contribution in [1.29, 1.82) is 0 Å². The van der Waals surface area contributed by atoms with Gasteiger partial charge in [-0.2, -0.15) is 0 Å². The number of hydrogen-bond donors (Lipinski definition) is 0. The van der Waals surface area contributed by atoms with Crippen LogP contribution < -0.4 is 0 Å². The first-order valence-electron chi connectivity index (χ1n) is 39.3. The molecule has 0 saturated heterocycles. The van der Waals surface area contributed by atoms with E-state index in [1.165, 1.54) is 186 Å². The number of aromatic nitrogens is 4. The number of thiophene rings is 2. The standard InChI is InChI=1S/2C27H15NO.2C27H15NS/c1-2-7-17-16(6-1)11-12-20-26(17)23-14-22-18-8-3-4-10-24(18)29-25(22)15-21(23)19-9-5-13-28-27(19)20;1-2-7-17-16(6-1)11-12-20-26(17)23-15-25-22(18-8-3-4-10-24(18)29-25)14-21(23)19-9-5-13-28-27(19)20;1-2-7-17-16(6-1)11-12-20-26(17)23-14-22-18-8-3-4-10-24(18)29-25(22)15-21(23)19-9-5-13-28-27(19)20;1-2-7-17-16(6-1)11-12-20-26(17)23-15-25-22(18-8-3-4-10-24(18)29-25)14-21(23)19-9-5-13-28-27(19)20/h4*1-15H. The molecular formula is C108H60N4O2S2. The van der Waals surface area contributed by atoms with Crippen LogP contribution in [0.25, 0.3) is 257 Å². The second-order valence-electron chi connectivity index (χ2n) is 30.4. The van der Waals surface area contributed by atoms with Gasteiger partial charge in [-0.25, -0.2) is 0 Å². The van der Waals surface area contributed by atoms with Crippen LogP contribution in [0.4, 0.5) is 0 Å². The van der Waals surface area contributed by atoms with Crippen LogP contribution in [-0.4, -0.2) is 19.9 Å². The average molecular weight is 1510 g/mol. The van der Waals surface area contributed by atoms with E-state index < -0.39 is 0 Å². The van der Waals surface area contributed by atoms with Crippen molar-refractivity contribution in [3.63, 3.8) is 0 Å². The molecule has 0 saturated carbocycles. The van der Waals surface area contributed by atoms with Gasteiger partial charge in [0.15, 0.2) is 0 Å². The van der Waals surface area contributed by atoms with E-state index in [0.717, 1.165) is 71.3 Å². The van der Waals surface area contributed by atoms with Crippen molar-refractivity contribution < 1.29 is 8.83 Å². The Bertz CT molecular complexity index is 8590. The molecule has 116 heavy (non-hydrogen) atoms. The number of nitrogens with zero attached hydrogens (tertiary/aromatic N) is 4. The monoisotopic (exact) mass is 1510 g/mol. The molecular weight excluding hydrogens is 1450 g/mol. The molecule has 28 rings (SSSR count). The zero-order valence-corrected chi connectivity index (χ0v) is 63.7. The predicted molar refractivity (Wildman–Crippen MR) is 497 cm³/mol. The Labute approximate surface area is 668 Å². The van der Waals surface area contributed by atoms with E-state index in [1.807, 2.05) is 96.0 Å². The van der Waals surface area contributed by atoms with E-state index in [1.54, 1.807) is 0 Å². The van der Waals surface area contributed by atoms with E-state index in [-0.39, 0.29) is 0 Å². The lowest BCUT2D eigenvalue weighted by Gasteiger charge is -2.12. The molecule has 0 fully saturated rings. The Morgan fingerprint density at radius 3 is 0.819 bits per heavy atom. The Kier molecular flexibility index (Phi) is 14.2. The quantitative estimate of drug-likeness (QED) is 0.141. The Balaban J connectivity index is 0.0000000866. The van der Waals surface area contributed by atoms with Gasteiger partial charge in [0.05, 0.1) is 22.1 Å². The molecule has 8 heterocycles. The zero-order valence-electron chi connectivity index (χ0n) is 62.1. The molecule has 8 heteroatoms. The maximum Gasteiger partial charge on any atom is 0.136 e. The van der Waals surface area contributed by atoms with Crippen LogP contribution in [0.2, 0.25) is 0 Å². The summed E-state index contributed by atoms with van der Waals surface area (Å²) >= 11 is 3.75. The highest BCUT2D eigenvalue weighted by Gasteiger charge is 2.22. The fraction of sp³-hybridized carbons (Fsp3) is 0. The van der Waals surface area contributed by atoms with E-state index >= 15 is 0 Å². The molecule has 0 radical (unpaired) electrons. The molecule has 8 aromatic heterocycles. The fourth-order valence-electron chi connectivity index (χ4n) is 19.2. The normalized spacial score (nSPS) is 12.1. The second kappa shape index (κ2) is 25.4. The van der Waals surface area contributed by atoms with Crippen molar-refractivity contribution >= 4 is 280 Å². The highest BCUT2D eigenvalue weighted by Crippen LogP contribution is 2.49. The summed E-state index contributed by atoms with van der Waals surface area (Å²) in [7, 11) is 0. The first-order valence-corrected chi connectivity index (χ1v) is 40.9. The van der Waals surface area contributed by atoms with Crippen LogP contribution in [0.5, 0.6) is 0 Å². The van der Waals surface area contributed by atoms with Gasteiger partial charge in [-0.3, -0.25) is 19.9 Å². The van der Waals surface area contributed by atoms with Gasteiger partial charge < -0.3 is 8.83 Å². The largest absolute Gasteiger partial charge is 0.456 e. The average Bonchev–Trinajstić information content (AvgIpc) is 0.872. The van der Waals surface area contributed by atoms with E-state index in [0.29, 0.717) is 0 Å². The summed E-state index contributed by atoms with van der Waals surface area (Å²) in [5, 5.41) is 44.9. The van der Waals surface area contributed by atoms with Crippen LogP contribution in [-0.2, 0) is 0 Å². The van der Waals surface area contributed by atoms with Crippen molar-refractivity contribution in [3.8, 4) is 0 Å². The third kappa shape index (κ3) is 9.75. The summed E-state index contributed by atoms with van der Waals surface area (Å²) < 4.78 is 17.8. The smallest absolute Gasteiger partial charge is 0.136 e. The van der Waals surface area contributed by atoms with Crippen molar-refractivity contribution in [1.82, 2.24) is 19.9 Å². The molecule has 0 aliphatic heterocycles. The number of hydrogen-bond acceptors (Lipinski definition) is 8. The molecule has 0 bridgehead atoms. The van der Waals surface area contributed by atoms with E-state index in [9.17, 15) is 0 Å². The summed E-state index contributed by atoms with van der Waals surface area (Å²) in [5.41, 5.74) is 7.95. The third-order valence-electron chi connectivity index (χ3n) is 24.3. The minimum absolute atomic E-state index is 0.920. The van der Waals surface area contributed by atoms with E-state index in [4.69, 9.17) is 28.8 Å². The molecule has 536 valence electrons. The van der Waals surface area contributed by atoms with Crippen molar-refractivity contribution in [3.05, 3.63) is 365 Å². The lowest BCUT2D eigenvalue weighted by atomic mass is 9.92. The number of pyridine rings is 4. The first kappa shape index (κ1) is 64.8. The first-order chi connectivity index (χ1) is 57.5. The molecule has 0 unspecified atom stereocenters. The lowest BCUT2D eigenvalue weighted by molar-refractivity contribution is 0.669. The minimum atomic E-state index is 0.920. The number of fused-ring (bicyclic) bond motifs is 44.